The topological polar surface area (TPSA) is 89.5 Å². The minimum atomic E-state index is -0.0995. The third-order valence-electron chi connectivity index (χ3n) is 5.65. The summed E-state index contributed by atoms with van der Waals surface area (Å²) in [6.07, 6.45) is 1.51. The number of methoxy groups -OCH3 is 1. The molecule has 0 saturated carbocycles. The second-order valence-corrected chi connectivity index (χ2v) is 8.27. The Kier molecular flexibility index (Phi) is 5.74. The smallest absolute Gasteiger partial charge is 0.289 e. The number of aryl methyl sites for hydroxylation is 1. The number of anilines is 1. The molecule has 1 fully saturated rings. The average Bonchev–Trinajstić information content (AvgIpc) is 3.47. The number of rotatable bonds is 5. The molecule has 0 radical (unpaired) electrons. The predicted octanol–water partition coefficient (Wildman–Crippen LogP) is 3.48. The molecule has 3 aromatic heterocycles. The molecule has 0 aliphatic carbocycles. The Hall–Kier alpha value is -3.43. The highest BCUT2D eigenvalue weighted by atomic mass is 35.5. The van der Waals surface area contributed by atoms with Crippen LogP contribution in [0.1, 0.15) is 22.1 Å². The maximum Gasteiger partial charge on any atom is 0.289 e. The third-order valence-corrected chi connectivity index (χ3v) is 5.89. The first-order chi connectivity index (χ1) is 16.0. The fraction of sp³-hybridized carbons (Fsp3) is 0.304. The number of nitrogens with zero attached hydrogens (tertiary/aromatic N) is 6. The lowest BCUT2D eigenvalue weighted by Crippen LogP contribution is -2.49. The zero-order chi connectivity index (χ0) is 22.9. The SMILES string of the molecule is COCc1nc(N2CCN(C(=O)c3ccco3)CC2)c2c(C)nn(-c3cccc(Cl)c3)c2n1. The number of halogens is 1. The molecule has 0 N–H and O–H groups in total. The van der Waals surface area contributed by atoms with Gasteiger partial charge in [0.25, 0.3) is 5.91 Å². The molecule has 170 valence electrons. The van der Waals surface area contributed by atoms with Crippen LogP contribution in [0, 0.1) is 6.92 Å². The van der Waals surface area contributed by atoms with Crippen LogP contribution in [0.15, 0.2) is 47.1 Å². The van der Waals surface area contributed by atoms with Crippen molar-refractivity contribution in [2.75, 3.05) is 38.2 Å². The highest BCUT2D eigenvalue weighted by Gasteiger charge is 2.27. The summed E-state index contributed by atoms with van der Waals surface area (Å²) in [7, 11) is 1.62. The second-order valence-electron chi connectivity index (χ2n) is 7.83. The van der Waals surface area contributed by atoms with E-state index in [1.807, 2.05) is 31.2 Å². The first-order valence-corrected chi connectivity index (χ1v) is 11.0. The van der Waals surface area contributed by atoms with Crippen molar-refractivity contribution < 1.29 is 13.9 Å². The normalized spacial score (nSPS) is 14.3. The minimum Gasteiger partial charge on any atom is -0.459 e. The maximum absolute atomic E-state index is 12.6. The minimum absolute atomic E-state index is 0.0995. The van der Waals surface area contributed by atoms with Gasteiger partial charge in [0.1, 0.15) is 12.4 Å². The van der Waals surface area contributed by atoms with Crippen LogP contribution in [0.5, 0.6) is 0 Å². The maximum atomic E-state index is 12.6. The molecule has 4 heterocycles. The van der Waals surface area contributed by atoms with E-state index in [2.05, 4.69) is 4.90 Å². The van der Waals surface area contributed by atoms with Gasteiger partial charge < -0.3 is 19.0 Å². The van der Waals surface area contributed by atoms with Gasteiger partial charge in [0.15, 0.2) is 17.2 Å². The molecule has 0 spiro atoms. The number of furan rings is 1. The Morgan fingerprint density at radius 2 is 1.97 bits per heavy atom. The Bertz CT molecular complexity index is 1300. The van der Waals surface area contributed by atoms with Crippen molar-refractivity contribution in [1.29, 1.82) is 0 Å². The summed E-state index contributed by atoms with van der Waals surface area (Å²) in [4.78, 5) is 26.2. The van der Waals surface area contributed by atoms with E-state index in [4.69, 9.17) is 35.8 Å². The molecule has 10 heteroatoms. The van der Waals surface area contributed by atoms with Crippen molar-refractivity contribution >= 4 is 34.4 Å². The van der Waals surface area contributed by atoms with E-state index in [0.29, 0.717) is 48.4 Å². The fourth-order valence-corrected chi connectivity index (χ4v) is 4.28. The molecule has 5 rings (SSSR count). The average molecular weight is 467 g/mol. The largest absolute Gasteiger partial charge is 0.459 e. The van der Waals surface area contributed by atoms with Crippen LogP contribution in [-0.4, -0.2) is 63.8 Å². The second kappa shape index (κ2) is 8.84. The van der Waals surface area contributed by atoms with Crippen LogP contribution in [0.2, 0.25) is 5.02 Å². The van der Waals surface area contributed by atoms with Gasteiger partial charge >= 0.3 is 0 Å². The summed E-state index contributed by atoms with van der Waals surface area (Å²) < 4.78 is 12.4. The van der Waals surface area contributed by atoms with Crippen molar-refractivity contribution in [3.63, 3.8) is 0 Å². The summed E-state index contributed by atoms with van der Waals surface area (Å²) >= 11 is 6.22. The zero-order valence-corrected chi connectivity index (χ0v) is 19.1. The summed E-state index contributed by atoms with van der Waals surface area (Å²) in [6, 6.07) is 10.9. The number of carbonyl (C=O) groups is 1. The van der Waals surface area contributed by atoms with Gasteiger partial charge in [-0.2, -0.15) is 5.10 Å². The monoisotopic (exact) mass is 466 g/mol. The number of piperazine rings is 1. The summed E-state index contributed by atoms with van der Waals surface area (Å²) in [5.41, 5.74) is 2.33. The van der Waals surface area contributed by atoms with Crippen LogP contribution in [-0.2, 0) is 11.3 Å². The summed E-state index contributed by atoms with van der Waals surface area (Å²) in [5.74, 6) is 1.62. The van der Waals surface area contributed by atoms with Gasteiger partial charge in [-0.3, -0.25) is 4.79 Å². The number of hydrogen-bond acceptors (Lipinski definition) is 7. The van der Waals surface area contributed by atoms with Crippen molar-refractivity contribution in [1.82, 2.24) is 24.6 Å². The first-order valence-electron chi connectivity index (χ1n) is 10.6. The molecule has 1 saturated heterocycles. The molecular weight excluding hydrogens is 444 g/mol. The van der Waals surface area contributed by atoms with Crippen molar-refractivity contribution in [2.45, 2.75) is 13.5 Å². The number of hydrogen-bond donors (Lipinski definition) is 0. The zero-order valence-electron chi connectivity index (χ0n) is 18.4. The van der Waals surface area contributed by atoms with Gasteiger partial charge in [0.2, 0.25) is 0 Å². The van der Waals surface area contributed by atoms with Gasteiger partial charge in [0, 0.05) is 38.3 Å². The van der Waals surface area contributed by atoms with Gasteiger partial charge in [-0.1, -0.05) is 17.7 Å². The van der Waals surface area contributed by atoms with Crippen molar-refractivity contribution in [2.24, 2.45) is 0 Å². The molecule has 33 heavy (non-hydrogen) atoms. The molecule has 0 bridgehead atoms. The highest BCUT2D eigenvalue weighted by molar-refractivity contribution is 6.30. The number of ether oxygens (including phenoxy) is 1. The van der Waals surface area contributed by atoms with Gasteiger partial charge in [0.05, 0.1) is 23.0 Å². The molecular formula is C23H23ClN6O3. The summed E-state index contributed by atoms with van der Waals surface area (Å²) in [6.45, 7) is 4.61. The van der Waals surface area contributed by atoms with E-state index in [9.17, 15) is 4.79 Å². The lowest BCUT2D eigenvalue weighted by molar-refractivity contribution is 0.0714. The fourth-order valence-electron chi connectivity index (χ4n) is 4.09. The Balaban J connectivity index is 1.51. The van der Waals surface area contributed by atoms with E-state index < -0.39 is 0 Å². The Labute approximate surface area is 195 Å². The Morgan fingerprint density at radius 3 is 2.67 bits per heavy atom. The number of carbonyl (C=O) groups excluding carboxylic acids is 1. The lowest BCUT2D eigenvalue weighted by Gasteiger charge is -2.35. The summed E-state index contributed by atoms with van der Waals surface area (Å²) in [5, 5.41) is 6.24. The molecule has 1 amide bonds. The van der Waals surface area contributed by atoms with E-state index in [-0.39, 0.29) is 12.5 Å². The number of fused-ring (bicyclic) bond motifs is 1. The number of benzene rings is 1. The number of aromatic nitrogens is 4. The molecule has 0 unspecified atom stereocenters. The molecule has 4 aromatic rings. The van der Waals surface area contributed by atoms with E-state index in [1.165, 1.54) is 6.26 Å². The molecule has 1 aromatic carbocycles. The van der Waals surface area contributed by atoms with E-state index in [1.54, 1.807) is 28.8 Å². The van der Waals surface area contributed by atoms with Gasteiger partial charge in [-0.25, -0.2) is 14.6 Å². The first kappa shape index (κ1) is 21.4. The molecule has 9 nitrogen and oxygen atoms in total. The quantitative estimate of drug-likeness (QED) is 0.444. The number of amides is 1. The van der Waals surface area contributed by atoms with Gasteiger partial charge in [-0.05, 0) is 37.3 Å². The van der Waals surface area contributed by atoms with Gasteiger partial charge in [-0.15, -0.1) is 0 Å². The lowest BCUT2D eigenvalue weighted by atomic mass is 10.2. The van der Waals surface area contributed by atoms with Crippen molar-refractivity contribution in [3.8, 4) is 5.69 Å². The van der Waals surface area contributed by atoms with Crippen LogP contribution in [0.3, 0.4) is 0 Å². The molecule has 0 atom stereocenters. The van der Waals surface area contributed by atoms with Crippen LogP contribution < -0.4 is 4.90 Å². The van der Waals surface area contributed by atoms with Crippen LogP contribution in [0.25, 0.3) is 16.7 Å². The van der Waals surface area contributed by atoms with E-state index >= 15 is 0 Å². The Morgan fingerprint density at radius 1 is 1.15 bits per heavy atom. The predicted molar refractivity (Wildman–Crippen MR) is 124 cm³/mol. The van der Waals surface area contributed by atoms with Crippen LogP contribution >= 0.6 is 11.6 Å². The molecule has 1 aliphatic rings. The van der Waals surface area contributed by atoms with Crippen LogP contribution in [0.4, 0.5) is 5.82 Å². The standard InChI is InChI=1S/C23H23ClN6O3/c1-15-20-21(28-8-10-29(11-9-28)23(31)18-7-4-12-33-18)25-19(14-32-2)26-22(20)30(27-15)17-6-3-5-16(24)13-17/h3-7,12-13H,8-11,14H2,1-2H3. The third kappa shape index (κ3) is 4.05. The van der Waals surface area contributed by atoms with Crippen molar-refractivity contribution in [3.05, 3.63) is 65.0 Å². The molecule has 1 aliphatic heterocycles. The highest BCUT2D eigenvalue weighted by Crippen LogP contribution is 2.30. The van der Waals surface area contributed by atoms with E-state index in [0.717, 1.165) is 22.6 Å².